The minimum absolute atomic E-state index is 0.00142. The summed E-state index contributed by atoms with van der Waals surface area (Å²) in [5.41, 5.74) is 1.21. The van der Waals surface area contributed by atoms with Gasteiger partial charge in [0.2, 0.25) is 11.8 Å². The van der Waals surface area contributed by atoms with Crippen LogP contribution in [0.15, 0.2) is 71.6 Å². The van der Waals surface area contributed by atoms with E-state index in [1.54, 1.807) is 42.5 Å². The molecule has 46 heavy (non-hydrogen) atoms. The molecule has 2 aliphatic rings. The number of hydrogen-bond acceptors (Lipinski definition) is 9. The molecule has 3 aromatic carbocycles. The number of carbonyl (C=O) groups is 3. The van der Waals surface area contributed by atoms with Crippen molar-refractivity contribution in [3.8, 4) is 17.2 Å². The minimum Gasteiger partial charge on any atom is -0.497 e. The van der Waals surface area contributed by atoms with Gasteiger partial charge in [-0.05, 0) is 66.8 Å². The first kappa shape index (κ1) is 32.8. The highest BCUT2D eigenvalue weighted by Crippen LogP contribution is 2.32. The summed E-state index contributed by atoms with van der Waals surface area (Å²) in [7, 11) is 0.251. The van der Waals surface area contributed by atoms with E-state index in [-0.39, 0.29) is 36.1 Å². The van der Waals surface area contributed by atoms with E-state index in [1.807, 2.05) is 6.07 Å². The number of sulfonamides is 1. The molecule has 2 heterocycles. The van der Waals surface area contributed by atoms with Crippen LogP contribution in [-0.4, -0.2) is 89.0 Å². The summed E-state index contributed by atoms with van der Waals surface area (Å²) in [5.74, 6) is -0.532. The summed E-state index contributed by atoms with van der Waals surface area (Å²) < 4.78 is 49.2. The zero-order valence-corrected chi connectivity index (χ0v) is 26.7. The molecular weight excluding hydrogens is 614 g/mol. The lowest BCUT2D eigenvalue weighted by atomic mass is 10.0. The number of ether oxygens (including phenoxy) is 4. The van der Waals surface area contributed by atoms with Crippen molar-refractivity contribution in [3.05, 3.63) is 83.4 Å². The van der Waals surface area contributed by atoms with Gasteiger partial charge in [0, 0.05) is 19.7 Å². The summed E-state index contributed by atoms with van der Waals surface area (Å²) in [6.45, 7) is 0.0572. The normalized spacial score (nSPS) is 17.2. The van der Waals surface area contributed by atoms with Crippen molar-refractivity contribution in [2.75, 3.05) is 47.6 Å². The number of nitrogens with zero attached hydrogens (tertiary/aromatic N) is 2. The number of nitrogens with one attached hydrogen (secondary N) is 1. The van der Waals surface area contributed by atoms with Crippen LogP contribution in [0.1, 0.15) is 40.4 Å². The predicted molar refractivity (Wildman–Crippen MR) is 167 cm³/mol. The molecule has 1 fully saturated rings. The highest BCUT2D eigenvalue weighted by Gasteiger charge is 2.43. The average molecular weight is 652 g/mol. The molecule has 0 aromatic heterocycles. The van der Waals surface area contributed by atoms with Crippen LogP contribution in [0.4, 0.5) is 0 Å². The Morgan fingerprint density at radius 3 is 2.48 bits per heavy atom. The monoisotopic (exact) mass is 651 g/mol. The Bertz CT molecular complexity index is 1710. The van der Waals surface area contributed by atoms with E-state index in [9.17, 15) is 22.8 Å². The Hall–Kier alpha value is -4.62. The summed E-state index contributed by atoms with van der Waals surface area (Å²) in [6, 6.07) is 16.7. The molecule has 3 amide bonds. The van der Waals surface area contributed by atoms with E-state index in [0.29, 0.717) is 33.7 Å². The Labute approximate surface area is 268 Å². The molecule has 1 saturated heterocycles. The molecule has 2 aliphatic heterocycles. The smallest absolute Gasteiger partial charge is 0.269 e. The Morgan fingerprint density at radius 1 is 1.00 bits per heavy atom. The van der Waals surface area contributed by atoms with E-state index in [1.165, 1.54) is 44.4 Å². The van der Waals surface area contributed by atoms with Gasteiger partial charge >= 0.3 is 0 Å². The van der Waals surface area contributed by atoms with E-state index >= 15 is 0 Å². The Balaban J connectivity index is 1.51. The number of methoxy groups -OCH3 is 3. The van der Waals surface area contributed by atoms with Crippen LogP contribution in [0.25, 0.3) is 0 Å². The second-order valence-corrected chi connectivity index (χ2v) is 12.7. The molecule has 13 heteroatoms. The molecular formula is C33H37N3O9S. The van der Waals surface area contributed by atoms with Gasteiger partial charge in [-0.25, -0.2) is 12.7 Å². The largest absolute Gasteiger partial charge is 0.497 e. The highest BCUT2D eigenvalue weighted by atomic mass is 32.2. The number of carbonyl (C=O) groups excluding carboxylic acids is 3. The molecule has 3 aromatic rings. The molecule has 244 valence electrons. The van der Waals surface area contributed by atoms with E-state index in [2.05, 4.69) is 5.32 Å². The molecule has 1 N–H and O–H groups in total. The highest BCUT2D eigenvalue weighted by molar-refractivity contribution is 7.90. The SMILES string of the molecule is COc1cccc([C@@H](C(=O)NC[C@H]2CCCO2)N(CCc2ccc(OC)c(OC)c2)C(=O)CN2C(=O)c3ccccc3S2(=O)=O)c1. The van der Waals surface area contributed by atoms with Crippen molar-refractivity contribution in [1.82, 2.24) is 14.5 Å². The molecule has 0 spiro atoms. The summed E-state index contributed by atoms with van der Waals surface area (Å²) >= 11 is 0. The maximum Gasteiger partial charge on any atom is 0.269 e. The van der Waals surface area contributed by atoms with Gasteiger partial charge < -0.3 is 29.2 Å². The van der Waals surface area contributed by atoms with Crippen molar-refractivity contribution < 1.29 is 41.7 Å². The predicted octanol–water partition coefficient (Wildman–Crippen LogP) is 2.96. The van der Waals surface area contributed by atoms with Crippen molar-refractivity contribution in [3.63, 3.8) is 0 Å². The molecule has 0 radical (unpaired) electrons. The van der Waals surface area contributed by atoms with Gasteiger partial charge in [-0.1, -0.05) is 30.3 Å². The second kappa shape index (κ2) is 14.2. The topological polar surface area (TPSA) is 141 Å². The van der Waals surface area contributed by atoms with Gasteiger partial charge in [0.15, 0.2) is 11.5 Å². The third-order valence-corrected chi connectivity index (χ3v) is 9.89. The Kier molecular flexibility index (Phi) is 10.1. The van der Waals surface area contributed by atoms with Crippen LogP contribution < -0.4 is 19.5 Å². The number of amides is 3. The van der Waals surface area contributed by atoms with Crippen molar-refractivity contribution in [1.29, 1.82) is 0 Å². The van der Waals surface area contributed by atoms with Gasteiger partial charge in [-0.2, -0.15) is 0 Å². The maximum atomic E-state index is 14.2. The minimum atomic E-state index is -4.28. The van der Waals surface area contributed by atoms with Gasteiger partial charge in [0.25, 0.3) is 15.9 Å². The standard InChI is InChI=1S/C33H37N3O9S/c1-42-24-9-6-8-23(19-24)31(32(38)34-20-25-10-7-17-45-25)35(16-15-22-13-14-27(43-2)28(18-22)44-3)30(37)21-36-33(39)26-11-4-5-12-29(26)46(36,40)41/h4-6,8-9,11-14,18-19,25,31H,7,10,15-17,20-21H2,1-3H3,(H,34,38)/t25-,31+/m1/s1. The fourth-order valence-electron chi connectivity index (χ4n) is 5.69. The van der Waals surface area contributed by atoms with Crippen LogP contribution in [-0.2, 0) is 30.8 Å². The first-order valence-corrected chi connectivity index (χ1v) is 16.3. The molecule has 0 unspecified atom stereocenters. The number of hydrogen-bond donors (Lipinski definition) is 1. The summed E-state index contributed by atoms with van der Waals surface area (Å²) in [6.07, 6.45) is 1.79. The number of fused-ring (bicyclic) bond motifs is 1. The second-order valence-electron chi connectivity index (χ2n) is 10.9. The van der Waals surface area contributed by atoms with E-state index < -0.39 is 40.3 Å². The maximum absolute atomic E-state index is 14.2. The fraction of sp³-hybridized carbons (Fsp3) is 0.364. The summed E-state index contributed by atoms with van der Waals surface area (Å²) in [5, 5.41) is 2.93. The average Bonchev–Trinajstić information content (AvgIpc) is 3.66. The van der Waals surface area contributed by atoms with Gasteiger partial charge in [-0.15, -0.1) is 0 Å². The van der Waals surface area contributed by atoms with Gasteiger partial charge in [0.1, 0.15) is 23.2 Å². The van der Waals surface area contributed by atoms with Crippen LogP contribution in [0, 0.1) is 0 Å². The zero-order chi connectivity index (χ0) is 32.8. The summed E-state index contributed by atoms with van der Waals surface area (Å²) in [4.78, 5) is 42.6. The molecule has 2 atom stereocenters. The van der Waals surface area contributed by atoms with Crippen molar-refractivity contribution in [2.24, 2.45) is 0 Å². The van der Waals surface area contributed by atoms with E-state index in [4.69, 9.17) is 18.9 Å². The van der Waals surface area contributed by atoms with Crippen LogP contribution in [0.2, 0.25) is 0 Å². The first-order chi connectivity index (χ1) is 22.2. The van der Waals surface area contributed by atoms with Crippen LogP contribution in [0.5, 0.6) is 17.2 Å². The third kappa shape index (κ3) is 6.80. The lowest BCUT2D eigenvalue weighted by Gasteiger charge is -2.33. The van der Waals surface area contributed by atoms with E-state index in [0.717, 1.165) is 18.4 Å². The molecule has 0 aliphatic carbocycles. The molecule has 0 bridgehead atoms. The molecule has 0 saturated carbocycles. The quantitative estimate of drug-likeness (QED) is 0.295. The number of benzene rings is 3. The zero-order valence-electron chi connectivity index (χ0n) is 25.9. The number of rotatable bonds is 13. The lowest BCUT2D eigenvalue weighted by molar-refractivity contribution is -0.141. The van der Waals surface area contributed by atoms with Gasteiger partial charge in [-0.3, -0.25) is 14.4 Å². The van der Waals surface area contributed by atoms with Crippen LogP contribution in [0.3, 0.4) is 0 Å². The fourth-order valence-corrected chi connectivity index (χ4v) is 7.20. The molecule has 5 rings (SSSR count). The van der Waals surface area contributed by atoms with Crippen molar-refractivity contribution >= 4 is 27.7 Å². The van der Waals surface area contributed by atoms with Crippen molar-refractivity contribution in [2.45, 2.75) is 36.3 Å². The third-order valence-electron chi connectivity index (χ3n) is 8.10. The lowest BCUT2D eigenvalue weighted by Crippen LogP contribution is -2.49. The van der Waals surface area contributed by atoms with Gasteiger partial charge in [0.05, 0.1) is 33.0 Å². The first-order valence-electron chi connectivity index (χ1n) is 14.9. The van der Waals surface area contributed by atoms with Crippen LogP contribution >= 0.6 is 0 Å². The molecule has 12 nitrogen and oxygen atoms in total. The Morgan fingerprint density at radius 2 is 1.78 bits per heavy atom.